The first kappa shape index (κ1) is 17.2. The molecule has 0 heterocycles. The maximum atomic E-state index is 10.8. The number of hydrogen-bond acceptors (Lipinski definition) is 5. The largest absolute Gasteiger partial charge is 0.392 e. The summed E-state index contributed by atoms with van der Waals surface area (Å²) in [5.41, 5.74) is 0.527. The highest BCUT2D eigenvalue weighted by atomic mass is 32.2. The standard InChI is InChI=1S/C9H10N2O4.C2H6OS/c1-6(13)10-8-2-7(5-12)3-9(4-8)11(14)15;1-4(2)3/h2-4,12H,5H2,1H3,(H,10,13);1-2H3. The lowest BCUT2D eigenvalue weighted by Crippen LogP contribution is -2.06. The summed E-state index contributed by atoms with van der Waals surface area (Å²) in [6, 6.07) is 3.97. The van der Waals surface area contributed by atoms with Gasteiger partial charge in [-0.3, -0.25) is 19.1 Å². The number of nitrogens with zero attached hydrogens (tertiary/aromatic N) is 1. The van der Waals surface area contributed by atoms with E-state index in [2.05, 4.69) is 5.32 Å². The Labute approximate surface area is 113 Å². The van der Waals surface area contributed by atoms with Gasteiger partial charge in [-0.1, -0.05) is 0 Å². The third-order valence-electron chi connectivity index (χ3n) is 1.69. The van der Waals surface area contributed by atoms with E-state index >= 15 is 0 Å². The van der Waals surface area contributed by atoms with Crippen molar-refractivity contribution in [1.82, 2.24) is 0 Å². The topological polar surface area (TPSA) is 110 Å². The van der Waals surface area contributed by atoms with Gasteiger partial charge in [-0.15, -0.1) is 0 Å². The lowest BCUT2D eigenvalue weighted by molar-refractivity contribution is -0.384. The first-order valence-corrected chi connectivity index (χ1v) is 7.14. The van der Waals surface area contributed by atoms with Crippen molar-refractivity contribution in [2.75, 3.05) is 17.8 Å². The molecule has 0 fully saturated rings. The Morgan fingerprint density at radius 1 is 1.42 bits per heavy atom. The van der Waals surface area contributed by atoms with Gasteiger partial charge in [0, 0.05) is 48.1 Å². The summed E-state index contributed by atoms with van der Waals surface area (Å²) >= 11 is 0. The zero-order valence-corrected chi connectivity index (χ0v) is 11.7. The second-order valence-corrected chi connectivity index (χ2v) is 5.21. The van der Waals surface area contributed by atoms with Crippen LogP contribution in [-0.2, 0) is 22.2 Å². The lowest BCUT2D eigenvalue weighted by Gasteiger charge is -2.04. The average Bonchev–Trinajstić information content (AvgIpc) is 2.26. The number of carbonyl (C=O) groups is 1. The molecule has 0 aliphatic carbocycles. The van der Waals surface area contributed by atoms with E-state index in [1.54, 1.807) is 12.5 Å². The molecule has 19 heavy (non-hydrogen) atoms. The summed E-state index contributed by atoms with van der Waals surface area (Å²) in [5.74, 6) is -0.320. The minimum Gasteiger partial charge on any atom is -0.392 e. The van der Waals surface area contributed by atoms with E-state index in [1.807, 2.05) is 0 Å². The minimum absolute atomic E-state index is 0.162. The van der Waals surface area contributed by atoms with Crippen LogP contribution >= 0.6 is 0 Å². The molecule has 2 N–H and O–H groups in total. The molecule has 0 saturated carbocycles. The fourth-order valence-corrected chi connectivity index (χ4v) is 1.15. The number of nitro groups is 1. The zero-order chi connectivity index (χ0) is 15.0. The molecule has 0 radical (unpaired) electrons. The molecular formula is C11H16N2O5S. The van der Waals surface area contributed by atoms with Crippen molar-refractivity contribution in [3.63, 3.8) is 0 Å². The molecule has 1 rings (SSSR count). The summed E-state index contributed by atoms with van der Waals surface area (Å²) in [5, 5.41) is 21.8. The molecule has 0 saturated heterocycles. The van der Waals surface area contributed by atoms with E-state index in [0.717, 1.165) is 0 Å². The molecule has 0 aliphatic rings. The SMILES string of the molecule is CC(=O)Nc1cc(CO)cc([N+](=O)[O-])c1.CS(C)=O. The number of non-ortho nitro benzene ring substituents is 1. The van der Waals surface area contributed by atoms with Crippen LogP contribution in [0.25, 0.3) is 0 Å². The predicted octanol–water partition coefficient (Wildman–Crippen LogP) is 1.04. The average molecular weight is 288 g/mol. The second-order valence-electron chi connectivity index (χ2n) is 3.73. The predicted molar refractivity (Wildman–Crippen MR) is 73.3 cm³/mol. The van der Waals surface area contributed by atoms with Gasteiger partial charge in [-0.25, -0.2) is 0 Å². The van der Waals surface area contributed by atoms with Gasteiger partial charge < -0.3 is 10.4 Å². The highest BCUT2D eigenvalue weighted by molar-refractivity contribution is 7.83. The second kappa shape index (κ2) is 8.33. The number of amides is 1. The Hall–Kier alpha value is -1.80. The van der Waals surface area contributed by atoms with Crippen molar-refractivity contribution >= 4 is 28.1 Å². The van der Waals surface area contributed by atoms with E-state index in [-0.39, 0.29) is 18.2 Å². The van der Waals surface area contributed by atoms with Gasteiger partial charge in [0.15, 0.2) is 0 Å². The molecule has 0 spiro atoms. The Bertz CT molecular complexity index is 486. The summed E-state index contributed by atoms with van der Waals surface area (Å²) in [6.45, 7) is 0.992. The van der Waals surface area contributed by atoms with Crippen LogP contribution in [0.3, 0.4) is 0 Å². The van der Waals surface area contributed by atoms with Gasteiger partial charge in [-0.2, -0.15) is 0 Å². The van der Waals surface area contributed by atoms with Crippen molar-refractivity contribution in [3.05, 3.63) is 33.9 Å². The highest BCUT2D eigenvalue weighted by Crippen LogP contribution is 2.20. The Kier molecular flexibility index (Phi) is 7.54. The van der Waals surface area contributed by atoms with Crippen LogP contribution in [0.4, 0.5) is 11.4 Å². The van der Waals surface area contributed by atoms with Gasteiger partial charge >= 0.3 is 0 Å². The maximum Gasteiger partial charge on any atom is 0.271 e. The summed E-state index contributed by atoms with van der Waals surface area (Å²) in [4.78, 5) is 20.7. The van der Waals surface area contributed by atoms with Crippen LogP contribution in [-0.4, -0.2) is 32.7 Å². The molecule has 1 aromatic carbocycles. The fourth-order valence-electron chi connectivity index (χ4n) is 1.15. The van der Waals surface area contributed by atoms with Crippen molar-refractivity contribution in [1.29, 1.82) is 0 Å². The van der Waals surface area contributed by atoms with Crippen LogP contribution in [0, 0.1) is 10.1 Å². The summed E-state index contributed by atoms with van der Waals surface area (Å²) in [7, 11) is -0.611. The lowest BCUT2D eigenvalue weighted by atomic mass is 10.2. The van der Waals surface area contributed by atoms with Crippen molar-refractivity contribution < 1.29 is 19.0 Å². The first-order valence-electron chi connectivity index (χ1n) is 5.18. The smallest absolute Gasteiger partial charge is 0.271 e. The number of nitrogens with one attached hydrogen (secondary N) is 1. The Morgan fingerprint density at radius 2 is 1.95 bits per heavy atom. The van der Waals surface area contributed by atoms with Gasteiger partial charge in [0.2, 0.25) is 5.91 Å². The highest BCUT2D eigenvalue weighted by Gasteiger charge is 2.09. The minimum atomic E-state index is -0.611. The third-order valence-corrected chi connectivity index (χ3v) is 1.69. The van der Waals surface area contributed by atoms with Crippen LogP contribution in [0.2, 0.25) is 0 Å². The van der Waals surface area contributed by atoms with Gasteiger partial charge in [-0.05, 0) is 11.6 Å². The van der Waals surface area contributed by atoms with Crippen LogP contribution in [0.1, 0.15) is 12.5 Å². The Morgan fingerprint density at radius 3 is 2.32 bits per heavy atom. The number of carbonyl (C=O) groups excluding carboxylic acids is 1. The maximum absolute atomic E-state index is 10.8. The monoisotopic (exact) mass is 288 g/mol. The van der Waals surface area contributed by atoms with E-state index in [9.17, 15) is 19.1 Å². The number of aliphatic hydroxyl groups is 1. The fraction of sp³-hybridized carbons (Fsp3) is 0.364. The van der Waals surface area contributed by atoms with Crippen LogP contribution < -0.4 is 5.32 Å². The molecule has 0 atom stereocenters. The van der Waals surface area contributed by atoms with E-state index in [4.69, 9.17) is 5.11 Å². The molecule has 1 amide bonds. The van der Waals surface area contributed by atoms with Crippen molar-refractivity contribution in [2.45, 2.75) is 13.5 Å². The molecule has 0 unspecified atom stereocenters. The van der Waals surface area contributed by atoms with Crippen molar-refractivity contribution in [2.24, 2.45) is 0 Å². The molecule has 1 aromatic rings. The number of hydrogen-bond donors (Lipinski definition) is 2. The zero-order valence-electron chi connectivity index (χ0n) is 10.9. The number of aliphatic hydroxyl groups excluding tert-OH is 1. The van der Waals surface area contributed by atoms with Gasteiger partial charge in [0.05, 0.1) is 11.5 Å². The number of nitro benzene ring substituents is 1. The molecule has 8 heteroatoms. The molecule has 0 aromatic heterocycles. The third kappa shape index (κ3) is 8.01. The quantitative estimate of drug-likeness (QED) is 0.638. The normalized spacial score (nSPS) is 9.53. The molecule has 106 valence electrons. The molecule has 0 aliphatic heterocycles. The van der Waals surface area contributed by atoms with Gasteiger partial charge in [0.25, 0.3) is 5.69 Å². The van der Waals surface area contributed by atoms with Crippen LogP contribution in [0.5, 0.6) is 0 Å². The summed E-state index contributed by atoms with van der Waals surface area (Å²) < 4.78 is 9.56. The number of rotatable bonds is 3. The number of benzene rings is 1. The van der Waals surface area contributed by atoms with E-state index < -0.39 is 15.7 Å². The molecule has 7 nitrogen and oxygen atoms in total. The van der Waals surface area contributed by atoms with Crippen LogP contribution in [0.15, 0.2) is 18.2 Å². The number of anilines is 1. The first-order chi connectivity index (χ1) is 8.76. The van der Waals surface area contributed by atoms with Crippen molar-refractivity contribution in [3.8, 4) is 0 Å². The molecule has 0 bridgehead atoms. The summed E-state index contributed by atoms with van der Waals surface area (Å²) in [6.07, 6.45) is 3.28. The van der Waals surface area contributed by atoms with E-state index in [1.165, 1.54) is 25.1 Å². The van der Waals surface area contributed by atoms with E-state index in [0.29, 0.717) is 11.3 Å². The molecular weight excluding hydrogens is 272 g/mol. The Balaban J connectivity index is 0.000000711. The van der Waals surface area contributed by atoms with Gasteiger partial charge in [0.1, 0.15) is 0 Å².